The van der Waals surface area contributed by atoms with Crippen molar-refractivity contribution >= 4 is 11.9 Å². The maximum absolute atomic E-state index is 12.0. The van der Waals surface area contributed by atoms with Crippen molar-refractivity contribution in [3.8, 4) is 0 Å². The lowest BCUT2D eigenvalue weighted by atomic mass is 10.0. The van der Waals surface area contributed by atoms with Crippen molar-refractivity contribution in [2.24, 2.45) is 0 Å². The molecule has 2 N–H and O–H groups in total. The molecule has 0 aromatic heterocycles. The normalized spacial score (nSPS) is 24.6. The van der Waals surface area contributed by atoms with Gasteiger partial charge in [0.25, 0.3) is 0 Å². The van der Waals surface area contributed by atoms with Gasteiger partial charge in [-0.25, -0.2) is 4.79 Å². The SMILES string of the molecule is CCNC(=O)NC(=O)C(C)N1CC(C)OC(C)(C)C1. The number of rotatable bonds is 3. The van der Waals surface area contributed by atoms with Crippen LogP contribution in [0.3, 0.4) is 0 Å². The van der Waals surface area contributed by atoms with Crippen molar-refractivity contribution < 1.29 is 14.3 Å². The molecule has 6 heteroatoms. The van der Waals surface area contributed by atoms with E-state index in [0.29, 0.717) is 19.6 Å². The molecular weight excluding hydrogens is 246 g/mol. The molecule has 1 aliphatic rings. The van der Waals surface area contributed by atoms with Crippen LogP contribution in [-0.2, 0) is 9.53 Å². The third-order valence-corrected chi connectivity index (χ3v) is 3.10. The minimum atomic E-state index is -0.445. The summed E-state index contributed by atoms with van der Waals surface area (Å²) >= 11 is 0. The number of urea groups is 1. The molecule has 3 amide bonds. The molecule has 0 radical (unpaired) electrons. The number of nitrogens with one attached hydrogen (secondary N) is 2. The first-order chi connectivity index (χ1) is 8.75. The Kier molecular flexibility index (Phi) is 5.31. The number of nitrogens with zero attached hydrogens (tertiary/aromatic N) is 1. The number of ether oxygens (including phenoxy) is 1. The second-order valence-electron chi connectivity index (χ2n) is 5.64. The van der Waals surface area contributed by atoms with E-state index >= 15 is 0 Å². The summed E-state index contributed by atoms with van der Waals surface area (Å²) in [5.74, 6) is -0.282. The van der Waals surface area contributed by atoms with Crippen LogP contribution in [0.1, 0.15) is 34.6 Å². The van der Waals surface area contributed by atoms with Gasteiger partial charge in [-0.1, -0.05) is 0 Å². The van der Waals surface area contributed by atoms with Crippen LogP contribution in [0.5, 0.6) is 0 Å². The fraction of sp³-hybridized carbons (Fsp3) is 0.846. The van der Waals surface area contributed by atoms with E-state index < -0.39 is 6.03 Å². The van der Waals surface area contributed by atoms with Gasteiger partial charge in [-0.3, -0.25) is 15.0 Å². The number of hydrogen-bond acceptors (Lipinski definition) is 4. The number of morpholine rings is 1. The number of carbonyl (C=O) groups is 2. The molecule has 0 saturated carbocycles. The lowest BCUT2D eigenvalue weighted by Gasteiger charge is -2.43. The van der Waals surface area contributed by atoms with Gasteiger partial charge in [0.15, 0.2) is 0 Å². The largest absolute Gasteiger partial charge is 0.370 e. The van der Waals surface area contributed by atoms with Gasteiger partial charge in [-0.2, -0.15) is 0 Å². The Hall–Kier alpha value is -1.14. The van der Waals surface area contributed by atoms with Crippen LogP contribution in [0.25, 0.3) is 0 Å². The highest BCUT2D eigenvalue weighted by molar-refractivity contribution is 5.96. The lowest BCUT2D eigenvalue weighted by molar-refractivity contribution is -0.147. The molecule has 0 aliphatic carbocycles. The Bertz CT molecular complexity index is 344. The van der Waals surface area contributed by atoms with E-state index in [1.165, 1.54) is 0 Å². The number of carbonyl (C=O) groups excluding carboxylic acids is 2. The number of imide groups is 1. The highest BCUT2D eigenvalue weighted by Crippen LogP contribution is 2.22. The molecular formula is C13H25N3O3. The summed E-state index contributed by atoms with van der Waals surface area (Å²) in [6.07, 6.45) is 0.0727. The first kappa shape index (κ1) is 15.9. The van der Waals surface area contributed by atoms with Gasteiger partial charge in [-0.05, 0) is 34.6 Å². The molecule has 19 heavy (non-hydrogen) atoms. The number of hydrogen-bond donors (Lipinski definition) is 2. The average Bonchev–Trinajstić information content (AvgIpc) is 2.25. The molecule has 6 nitrogen and oxygen atoms in total. The van der Waals surface area contributed by atoms with E-state index in [1.807, 2.05) is 32.6 Å². The summed E-state index contributed by atoms with van der Waals surface area (Å²) in [6, 6.07) is -0.798. The Morgan fingerprint density at radius 3 is 2.63 bits per heavy atom. The van der Waals surface area contributed by atoms with Gasteiger partial charge in [0.1, 0.15) is 0 Å². The van der Waals surface area contributed by atoms with E-state index in [1.54, 1.807) is 6.92 Å². The van der Waals surface area contributed by atoms with Gasteiger partial charge < -0.3 is 10.1 Å². The molecule has 0 aromatic carbocycles. The third-order valence-electron chi connectivity index (χ3n) is 3.10. The van der Waals surface area contributed by atoms with Crippen molar-refractivity contribution in [1.82, 2.24) is 15.5 Å². The van der Waals surface area contributed by atoms with Crippen LogP contribution < -0.4 is 10.6 Å². The molecule has 1 aliphatic heterocycles. The van der Waals surface area contributed by atoms with Gasteiger partial charge in [-0.15, -0.1) is 0 Å². The van der Waals surface area contributed by atoms with Crippen LogP contribution in [0, 0.1) is 0 Å². The molecule has 0 spiro atoms. The summed E-state index contributed by atoms with van der Waals surface area (Å²) in [6.45, 7) is 11.5. The quantitative estimate of drug-likeness (QED) is 0.793. The Balaban J connectivity index is 2.58. The zero-order valence-electron chi connectivity index (χ0n) is 12.4. The molecule has 2 atom stereocenters. The smallest absolute Gasteiger partial charge is 0.321 e. The minimum Gasteiger partial charge on any atom is -0.370 e. The monoisotopic (exact) mass is 271 g/mol. The summed E-state index contributed by atoms with van der Waals surface area (Å²) in [5.41, 5.74) is -0.280. The zero-order chi connectivity index (χ0) is 14.6. The predicted molar refractivity (Wildman–Crippen MR) is 72.9 cm³/mol. The standard InChI is InChI=1S/C13H25N3O3/c1-6-14-12(18)15-11(17)10(3)16-7-9(2)19-13(4,5)8-16/h9-10H,6-8H2,1-5H3,(H2,14,15,17,18). The van der Waals surface area contributed by atoms with E-state index in [4.69, 9.17) is 4.74 Å². The predicted octanol–water partition coefficient (Wildman–Crippen LogP) is 0.720. The lowest BCUT2D eigenvalue weighted by Crippen LogP contribution is -2.58. The first-order valence-corrected chi connectivity index (χ1v) is 6.75. The fourth-order valence-corrected chi connectivity index (χ4v) is 2.39. The molecule has 1 fully saturated rings. The topological polar surface area (TPSA) is 70.7 Å². The maximum atomic E-state index is 12.0. The Labute approximate surface area is 114 Å². The van der Waals surface area contributed by atoms with Crippen LogP contribution in [0.15, 0.2) is 0 Å². The summed E-state index contributed by atoms with van der Waals surface area (Å²) in [7, 11) is 0. The highest BCUT2D eigenvalue weighted by Gasteiger charge is 2.35. The Morgan fingerprint density at radius 1 is 1.47 bits per heavy atom. The van der Waals surface area contributed by atoms with Crippen LogP contribution in [0.4, 0.5) is 4.79 Å². The Morgan fingerprint density at radius 2 is 2.11 bits per heavy atom. The van der Waals surface area contributed by atoms with Crippen molar-refractivity contribution in [3.63, 3.8) is 0 Å². The van der Waals surface area contributed by atoms with Crippen molar-refractivity contribution in [1.29, 1.82) is 0 Å². The molecule has 1 rings (SSSR count). The molecule has 1 saturated heterocycles. The van der Waals surface area contributed by atoms with Gasteiger partial charge >= 0.3 is 6.03 Å². The molecule has 110 valence electrons. The fourth-order valence-electron chi connectivity index (χ4n) is 2.39. The van der Waals surface area contributed by atoms with E-state index in [9.17, 15) is 9.59 Å². The van der Waals surface area contributed by atoms with E-state index in [-0.39, 0.29) is 23.7 Å². The van der Waals surface area contributed by atoms with Gasteiger partial charge in [0.2, 0.25) is 5.91 Å². The molecule has 0 bridgehead atoms. The van der Waals surface area contributed by atoms with Crippen LogP contribution >= 0.6 is 0 Å². The second-order valence-corrected chi connectivity index (χ2v) is 5.64. The minimum absolute atomic E-state index is 0.0727. The summed E-state index contributed by atoms with van der Waals surface area (Å²) in [4.78, 5) is 25.4. The van der Waals surface area contributed by atoms with E-state index in [2.05, 4.69) is 10.6 Å². The zero-order valence-corrected chi connectivity index (χ0v) is 12.4. The second kappa shape index (κ2) is 6.34. The van der Waals surface area contributed by atoms with Crippen molar-refractivity contribution in [3.05, 3.63) is 0 Å². The highest BCUT2D eigenvalue weighted by atomic mass is 16.5. The summed E-state index contributed by atoms with van der Waals surface area (Å²) < 4.78 is 5.80. The van der Waals surface area contributed by atoms with Gasteiger partial charge in [0, 0.05) is 19.6 Å². The van der Waals surface area contributed by atoms with Crippen molar-refractivity contribution in [2.75, 3.05) is 19.6 Å². The van der Waals surface area contributed by atoms with Crippen LogP contribution in [0.2, 0.25) is 0 Å². The third kappa shape index (κ3) is 4.80. The van der Waals surface area contributed by atoms with Crippen molar-refractivity contribution in [2.45, 2.75) is 52.4 Å². The van der Waals surface area contributed by atoms with Crippen LogP contribution in [-0.4, -0.2) is 54.2 Å². The van der Waals surface area contributed by atoms with Gasteiger partial charge in [0.05, 0.1) is 17.7 Å². The first-order valence-electron chi connectivity index (χ1n) is 6.75. The van der Waals surface area contributed by atoms with E-state index in [0.717, 1.165) is 0 Å². The average molecular weight is 271 g/mol. The number of amides is 3. The summed E-state index contributed by atoms with van der Waals surface area (Å²) in [5, 5.41) is 4.89. The maximum Gasteiger partial charge on any atom is 0.321 e. The molecule has 0 aromatic rings. The molecule has 1 heterocycles. The molecule has 2 unspecified atom stereocenters.